The van der Waals surface area contributed by atoms with Crippen LogP contribution in [0.2, 0.25) is 0 Å². The Labute approximate surface area is 177 Å². The number of piperidine rings is 1. The summed E-state index contributed by atoms with van der Waals surface area (Å²) in [5, 5.41) is 7.22. The fraction of sp³-hybridized carbons (Fsp3) is 0.600. The molecule has 9 heteroatoms. The number of rotatable bonds is 7. The van der Waals surface area contributed by atoms with Crippen LogP contribution in [0.25, 0.3) is 10.6 Å². The second kappa shape index (κ2) is 8.29. The van der Waals surface area contributed by atoms with Crippen molar-refractivity contribution in [3.8, 4) is 10.6 Å². The van der Waals surface area contributed by atoms with Crippen LogP contribution in [0.3, 0.4) is 0 Å². The first-order chi connectivity index (χ1) is 13.4. The smallest absolute Gasteiger partial charge is 0.223 e. The number of anilines is 1. The van der Waals surface area contributed by atoms with Gasteiger partial charge < -0.3 is 10.6 Å². The van der Waals surface area contributed by atoms with Crippen LogP contribution in [0.4, 0.5) is 5.95 Å². The zero-order chi connectivity index (χ0) is 21.3. The molecule has 0 atom stereocenters. The zero-order valence-corrected chi connectivity index (χ0v) is 19.4. The third kappa shape index (κ3) is 6.74. The van der Waals surface area contributed by atoms with Crippen LogP contribution in [0.15, 0.2) is 24.4 Å². The quantitative estimate of drug-likeness (QED) is 0.616. The van der Waals surface area contributed by atoms with Crippen molar-refractivity contribution in [2.24, 2.45) is 0 Å². The Hall–Kier alpha value is -1.55. The van der Waals surface area contributed by atoms with Crippen LogP contribution in [-0.2, 0) is 16.4 Å². The molecular weight excluding hydrogens is 406 g/mol. The van der Waals surface area contributed by atoms with Gasteiger partial charge in [0, 0.05) is 34.7 Å². The van der Waals surface area contributed by atoms with E-state index in [9.17, 15) is 8.42 Å². The number of nitrogens with one attached hydrogen (secondary N) is 3. The Balaban J connectivity index is 1.67. The summed E-state index contributed by atoms with van der Waals surface area (Å²) in [5.41, 5.74) is 0.988. The number of hydrogen-bond acceptors (Lipinski definition) is 7. The normalized spacial score (nSPS) is 19.2. The third-order valence-corrected chi connectivity index (χ3v) is 6.72. The Morgan fingerprint density at radius 3 is 2.52 bits per heavy atom. The number of aromatic nitrogens is 2. The summed E-state index contributed by atoms with van der Waals surface area (Å²) >= 11 is 1.63. The second-order valence-corrected chi connectivity index (χ2v) is 12.1. The van der Waals surface area contributed by atoms with Crippen molar-refractivity contribution in [1.29, 1.82) is 0 Å². The van der Waals surface area contributed by atoms with Gasteiger partial charge in [-0.2, -0.15) is 0 Å². The van der Waals surface area contributed by atoms with Crippen LogP contribution >= 0.6 is 11.3 Å². The first kappa shape index (κ1) is 22.1. The highest BCUT2D eigenvalue weighted by Crippen LogP contribution is 2.31. The van der Waals surface area contributed by atoms with E-state index in [-0.39, 0.29) is 11.1 Å². The van der Waals surface area contributed by atoms with Gasteiger partial charge in [-0.25, -0.2) is 23.1 Å². The summed E-state index contributed by atoms with van der Waals surface area (Å²) < 4.78 is 24.9. The Bertz CT molecular complexity index is 937. The summed E-state index contributed by atoms with van der Waals surface area (Å²) in [6, 6.07) is 6.27. The molecule has 0 bridgehead atoms. The maximum Gasteiger partial charge on any atom is 0.223 e. The lowest BCUT2D eigenvalue weighted by Crippen LogP contribution is -2.60. The van der Waals surface area contributed by atoms with Gasteiger partial charge in [-0.15, -0.1) is 11.3 Å². The van der Waals surface area contributed by atoms with Gasteiger partial charge in [-0.1, -0.05) is 0 Å². The molecule has 1 fully saturated rings. The van der Waals surface area contributed by atoms with Gasteiger partial charge >= 0.3 is 0 Å². The molecule has 160 valence electrons. The number of thiophene rings is 1. The monoisotopic (exact) mass is 437 g/mol. The molecular formula is C20H31N5O2S2. The van der Waals surface area contributed by atoms with Crippen molar-refractivity contribution in [2.75, 3.05) is 18.1 Å². The maximum atomic E-state index is 11.2. The van der Waals surface area contributed by atoms with E-state index in [0.717, 1.165) is 28.3 Å². The summed E-state index contributed by atoms with van der Waals surface area (Å²) in [5.74, 6) is 0.648. The molecule has 2 aromatic heterocycles. The molecule has 7 nitrogen and oxygen atoms in total. The predicted molar refractivity (Wildman–Crippen MR) is 120 cm³/mol. The third-order valence-electron chi connectivity index (χ3n) is 4.83. The molecule has 0 radical (unpaired) electrons. The van der Waals surface area contributed by atoms with Crippen molar-refractivity contribution in [2.45, 2.75) is 64.1 Å². The number of hydrogen-bond donors (Lipinski definition) is 3. The van der Waals surface area contributed by atoms with Gasteiger partial charge in [0.2, 0.25) is 16.0 Å². The van der Waals surface area contributed by atoms with Crippen molar-refractivity contribution in [1.82, 2.24) is 20.0 Å². The summed E-state index contributed by atoms with van der Waals surface area (Å²) in [6.07, 6.45) is 5.62. The van der Waals surface area contributed by atoms with Crippen molar-refractivity contribution in [3.63, 3.8) is 0 Å². The molecule has 0 saturated carbocycles. The highest BCUT2D eigenvalue weighted by molar-refractivity contribution is 7.88. The number of sulfonamides is 1. The van der Waals surface area contributed by atoms with Crippen LogP contribution in [0.5, 0.6) is 0 Å². The van der Waals surface area contributed by atoms with E-state index in [2.05, 4.69) is 48.0 Å². The van der Waals surface area contributed by atoms with Gasteiger partial charge in [0.15, 0.2) is 0 Å². The van der Waals surface area contributed by atoms with Gasteiger partial charge in [-0.05, 0) is 65.2 Å². The lowest BCUT2D eigenvalue weighted by molar-refractivity contribution is 0.170. The molecule has 3 N–H and O–H groups in total. The zero-order valence-electron chi connectivity index (χ0n) is 17.7. The molecule has 0 aliphatic carbocycles. The fourth-order valence-electron chi connectivity index (χ4n) is 4.18. The average molecular weight is 438 g/mol. The molecule has 1 aliphatic heterocycles. The minimum absolute atomic E-state index is 0.0552. The van der Waals surface area contributed by atoms with E-state index < -0.39 is 10.0 Å². The molecule has 29 heavy (non-hydrogen) atoms. The van der Waals surface area contributed by atoms with Gasteiger partial charge in [-0.3, -0.25) is 0 Å². The van der Waals surface area contributed by atoms with Gasteiger partial charge in [0.1, 0.15) is 0 Å². The summed E-state index contributed by atoms with van der Waals surface area (Å²) in [4.78, 5) is 11.3. The van der Waals surface area contributed by atoms with E-state index in [0.29, 0.717) is 25.0 Å². The van der Waals surface area contributed by atoms with Gasteiger partial charge in [0.25, 0.3) is 0 Å². The molecule has 3 rings (SSSR count). The standard InChI is InChI=1S/C20H31N5O2S2/c1-19(2)12-14(13-20(3,4)25-19)23-18-21-10-9-16(24-18)17-7-6-15(28-17)8-11-22-29(5,26)27/h6-7,9-10,14,22,25H,8,11-13H2,1-5H3,(H,21,23,24). The summed E-state index contributed by atoms with van der Waals surface area (Å²) in [6.45, 7) is 9.31. The van der Waals surface area contributed by atoms with Crippen LogP contribution in [0.1, 0.15) is 45.4 Å². The highest BCUT2D eigenvalue weighted by atomic mass is 32.2. The SMILES string of the molecule is CC1(C)CC(Nc2nccc(-c3ccc(CCNS(C)(=O)=O)s3)n2)CC(C)(C)N1. The highest BCUT2D eigenvalue weighted by Gasteiger charge is 2.37. The van der Waals surface area contributed by atoms with Crippen LogP contribution in [0, 0.1) is 0 Å². The molecule has 0 amide bonds. The van der Waals surface area contributed by atoms with E-state index in [4.69, 9.17) is 4.98 Å². The fourth-order valence-corrected chi connectivity index (χ4v) is 5.63. The van der Waals surface area contributed by atoms with Crippen LogP contribution in [-0.4, -0.2) is 48.3 Å². The first-order valence-corrected chi connectivity index (χ1v) is 12.5. The molecule has 1 saturated heterocycles. The first-order valence-electron chi connectivity index (χ1n) is 9.84. The summed E-state index contributed by atoms with van der Waals surface area (Å²) in [7, 11) is -3.15. The minimum Gasteiger partial charge on any atom is -0.351 e. The topological polar surface area (TPSA) is 96.0 Å². The van der Waals surface area contributed by atoms with E-state index >= 15 is 0 Å². The van der Waals surface area contributed by atoms with Crippen molar-refractivity contribution >= 4 is 27.3 Å². The number of nitrogens with zero attached hydrogens (tertiary/aromatic N) is 2. The molecule has 1 aliphatic rings. The van der Waals surface area contributed by atoms with E-state index in [1.54, 1.807) is 17.5 Å². The van der Waals surface area contributed by atoms with Crippen LogP contribution < -0.4 is 15.4 Å². The lowest BCUT2D eigenvalue weighted by atomic mass is 9.80. The largest absolute Gasteiger partial charge is 0.351 e. The lowest BCUT2D eigenvalue weighted by Gasteiger charge is -2.46. The Morgan fingerprint density at radius 1 is 1.17 bits per heavy atom. The predicted octanol–water partition coefficient (Wildman–Crippen LogP) is 3.02. The van der Waals surface area contributed by atoms with E-state index in [1.807, 2.05) is 18.2 Å². The molecule has 0 unspecified atom stereocenters. The second-order valence-electron chi connectivity index (χ2n) is 9.09. The van der Waals surface area contributed by atoms with E-state index in [1.165, 1.54) is 6.26 Å². The Morgan fingerprint density at radius 2 is 1.86 bits per heavy atom. The Kier molecular flexibility index (Phi) is 6.33. The minimum atomic E-state index is -3.15. The average Bonchev–Trinajstić information content (AvgIpc) is 2.99. The van der Waals surface area contributed by atoms with Crippen molar-refractivity contribution in [3.05, 3.63) is 29.3 Å². The molecule has 3 heterocycles. The molecule has 0 spiro atoms. The van der Waals surface area contributed by atoms with Crippen molar-refractivity contribution < 1.29 is 8.42 Å². The maximum absolute atomic E-state index is 11.2. The molecule has 2 aromatic rings. The molecule has 0 aromatic carbocycles. The van der Waals surface area contributed by atoms with Gasteiger partial charge in [0.05, 0.1) is 16.8 Å².